The van der Waals surface area contributed by atoms with Crippen molar-refractivity contribution in [1.82, 2.24) is 0 Å². The summed E-state index contributed by atoms with van der Waals surface area (Å²) in [6.45, 7) is 5.56. The Kier molecular flexibility index (Phi) is 6.27. The Balaban J connectivity index is 2.17. The smallest absolute Gasteiger partial charge is 0.311 e. The van der Waals surface area contributed by atoms with Gasteiger partial charge in [0.25, 0.3) is 5.91 Å². The van der Waals surface area contributed by atoms with Crippen LogP contribution in [0, 0.1) is 15.9 Å². The molecule has 0 unspecified atom stereocenters. The van der Waals surface area contributed by atoms with Gasteiger partial charge in [0.2, 0.25) is 5.75 Å². The van der Waals surface area contributed by atoms with Crippen molar-refractivity contribution >= 4 is 17.3 Å². The van der Waals surface area contributed by atoms with E-state index in [1.54, 1.807) is 6.07 Å². The highest BCUT2D eigenvalue weighted by atomic mass is 19.1. The number of nitro groups is 1. The standard InChI is InChI=1S/C19H21FN2O4/c1-4-12(2)15-7-5-6-8-16(15)21-19(23)13(3)26-18-11-14(20)9-10-17(18)22(24)25/h5-13H,4H2,1-3H3,(H,21,23)/t12-,13+/m0/s1. The molecule has 0 saturated carbocycles. The van der Waals surface area contributed by atoms with Crippen molar-refractivity contribution in [3.8, 4) is 5.75 Å². The number of ether oxygens (including phenoxy) is 1. The Morgan fingerprint density at radius 1 is 1.27 bits per heavy atom. The second-order valence-corrected chi connectivity index (χ2v) is 6.02. The molecule has 0 heterocycles. The van der Waals surface area contributed by atoms with Crippen LogP contribution in [0.25, 0.3) is 0 Å². The maximum atomic E-state index is 13.4. The van der Waals surface area contributed by atoms with Gasteiger partial charge in [-0.2, -0.15) is 0 Å². The number of carbonyl (C=O) groups is 1. The lowest BCUT2D eigenvalue weighted by molar-refractivity contribution is -0.386. The number of amides is 1. The molecule has 26 heavy (non-hydrogen) atoms. The van der Waals surface area contributed by atoms with Crippen molar-refractivity contribution in [3.63, 3.8) is 0 Å². The van der Waals surface area contributed by atoms with Crippen molar-refractivity contribution in [2.45, 2.75) is 39.2 Å². The molecule has 0 aromatic heterocycles. The maximum Gasteiger partial charge on any atom is 0.311 e. The third-order valence-electron chi connectivity index (χ3n) is 4.15. The van der Waals surface area contributed by atoms with Crippen LogP contribution in [0.5, 0.6) is 5.75 Å². The van der Waals surface area contributed by atoms with Crippen LogP contribution in [0.15, 0.2) is 42.5 Å². The fourth-order valence-electron chi connectivity index (χ4n) is 2.47. The van der Waals surface area contributed by atoms with Crippen LogP contribution in [0.4, 0.5) is 15.8 Å². The highest BCUT2D eigenvalue weighted by Crippen LogP contribution is 2.29. The van der Waals surface area contributed by atoms with Crippen molar-refractivity contribution in [2.24, 2.45) is 0 Å². The highest BCUT2D eigenvalue weighted by Gasteiger charge is 2.22. The zero-order valence-corrected chi connectivity index (χ0v) is 14.9. The second kappa shape index (κ2) is 8.42. The largest absolute Gasteiger partial charge is 0.474 e. The lowest BCUT2D eigenvalue weighted by atomic mass is 9.97. The van der Waals surface area contributed by atoms with Crippen molar-refractivity contribution in [2.75, 3.05) is 5.32 Å². The molecule has 2 atom stereocenters. The normalized spacial score (nSPS) is 12.9. The van der Waals surface area contributed by atoms with Crippen LogP contribution in [0.2, 0.25) is 0 Å². The van der Waals surface area contributed by atoms with Crippen LogP contribution < -0.4 is 10.1 Å². The molecule has 138 valence electrons. The van der Waals surface area contributed by atoms with Gasteiger partial charge in [0.1, 0.15) is 5.82 Å². The molecule has 2 aromatic carbocycles. The summed E-state index contributed by atoms with van der Waals surface area (Å²) >= 11 is 0. The molecule has 0 aliphatic rings. The molecule has 1 N–H and O–H groups in total. The average molecular weight is 360 g/mol. The van der Waals surface area contributed by atoms with Gasteiger partial charge in [0.05, 0.1) is 4.92 Å². The van der Waals surface area contributed by atoms with E-state index in [-0.39, 0.29) is 11.7 Å². The van der Waals surface area contributed by atoms with Crippen LogP contribution in [-0.2, 0) is 4.79 Å². The van der Waals surface area contributed by atoms with E-state index < -0.39 is 28.4 Å². The maximum absolute atomic E-state index is 13.4. The molecule has 0 fully saturated rings. The van der Waals surface area contributed by atoms with Gasteiger partial charge >= 0.3 is 5.69 Å². The molecular weight excluding hydrogens is 339 g/mol. The number of hydrogen-bond acceptors (Lipinski definition) is 4. The molecule has 6 nitrogen and oxygen atoms in total. The van der Waals surface area contributed by atoms with Crippen LogP contribution in [0.1, 0.15) is 38.7 Å². The molecule has 0 saturated heterocycles. The van der Waals surface area contributed by atoms with Gasteiger partial charge in [0, 0.05) is 17.8 Å². The number of halogens is 1. The highest BCUT2D eigenvalue weighted by molar-refractivity contribution is 5.95. The van der Waals surface area contributed by atoms with Crippen molar-refractivity contribution in [3.05, 3.63) is 64.0 Å². The van der Waals surface area contributed by atoms with Gasteiger partial charge in [-0.15, -0.1) is 0 Å². The molecule has 1 amide bonds. The van der Waals surface area contributed by atoms with Crippen LogP contribution in [-0.4, -0.2) is 16.9 Å². The fourth-order valence-corrected chi connectivity index (χ4v) is 2.47. The van der Waals surface area contributed by atoms with E-state index in [0.717, 1.165) is 30.2 Å². The van der Waals surface area contributed by atoms with Gasteiger partial charge in [0.15, 0.2) is 6.10 Å². The predicted octanol–water partition coefficient (Wildman–Crippen LogP) is 4.65. The number of para-hydroxylation sites is 1. The number of nitrogens with zero attached hydrogens (tertiary/aromatic N) is 1. The first-order chi connectivity index (χ1) is 12.3. The number of anilines is 1. The van der Waals surface area contributed by atoms with E-state index in [2.05, 4.69) is 19.2 Å². The molecule has 7 heteroatoms. The van der Waals surface area contributed by atoms with E-state index in [1.165, 1.54) is 6.92 Å². The first kappa shape index (κ1) is 19.4. The number of carbonyl (C=O) groups excluding carboxylic acids is 1. The van der Waals surface area contributed by atoms with Crippen LogP contribution >= 0.6 is 0 Å². The quantitative estimate of drug-likeness (QED) is 0.575. The summed E-state index contributed by atoms with van der Waals surface area (Å²) < 4.78 is 18.7. The second-order valence-electron chi connectivity index (χ2n) is 6.02. The summed E-state index contributed by atoms with van der Waals surface area (Å²) in [6, 6.07) is 10.3. The minimum absolute atomic E-state index is 0.257. The minimum Gasteiger partial charge on any atom is -0.474 e. The topological polar surface area (TPSA) is 81.5 Å². The Bertz CT molecular complexity index is 810. The van der Waals surface area contributed by atoms with E-state index >= 15 is 0 Å². The Hall–Kier alpha value is -2.96. The Morgan fingerprint density at radius 2 is 1.96 bits per heavy atom. The molecule has 2 rings (SSSR count). The SMILES string of the molecule is CC[C@H](C)c1ccccc1NC(=O)[C@@H](C)Oc1cc(F)ccc1[N+](=O)[O-]. The zero-order chi connectivity index (χ0) is 19.3. The number of nitro benzene ring substituents is 1. The minimum atomic E-state index is -1.04. The fraction of sp³-hybridized carbons (Fsp3) is 0.316. The predicted molar refractivity (Wildman–Crippen MR) is 96.9 cm³/mol. The lowest BCUT2D eigenvalue weighted by Gasteiger charge is -2.18. The van der Waals surface area contributed by atoms with E-state index in [1.807, 2.05) is 18.2 Å². The summed E-state index contributed by atoms with van der Waals surface area (Å²) in [5.41, 5.74) is 1.26. The zero-order valence-electron chi connectivity index (χ0n) is 14.9. The van der Waals surface area contributed by atoms with Gasteiger partial charge in [-0.1, -0.05) is 32.0 Å². The Labute approximate surface area is 151 Å². The first-order valence-corrected chi connectivity index (χ1v) is 8.33. The summed E-state index contributed by atoms with van der Waals surface area (Å²) in [4.78, 5) is 22.8. The van der Waals surface area contributed by atoms with Crippen molar-refractivity contribution in [1.29, 1.82) is 0 Å². The number of nitrogens with one attached hydrogen (secondary N) is 1. The Morgan fingerprint density at radius 3 is 2.62 bits per heavy atom. The molecule has 0 bridgehead atoms. The molecule has 0 aliphatic heterocycles. The third kappa shape index (κ3) is 4.56. The summed E-state index contributed by atoms with van der Waals surface area (Å²) in [7, 11) is 0. The third-order valence-corrected chi connectivity index (χ3v) is 4.15. The molecule has 0 spiro atoms. The van der Waals surface area contributed by atoms with Gasteiger partial charge < -0.3 is 10.1 Å². The van der Waals surface area contributed by atoms with Crippen LogP contribution in [0.3, 0.4) is 0 Å². The number of benzene rings is 2. The molecule has 0 aliphatic carbocycles. The summed E-state index contributed by atoms with van der Waals surface area (Å²) in [6.07, 6.45) is -0.130. The molecular formula is C19H21FN2O4. The first-order valence-electron chi connectivity index (χ1n) is 8.33. The summed E-state index contributed by atoms with van der Waals surface area (Å²) in [5.74, 6) is -1.18. The number of hydrogen-bond donors (Lipinski definition) is 1. The number of rotatable bonds is 7. The molecule has 0 radical (unpaired) electrons. The molecule has 2 aromatic rings. The van der Waals surface area contributed by atoms with Gasteiger partial charge in [-0.05, 0) is 37.0 Å². The van der Waals surface area contributed by atoms with E-state index in [9.17, 15) is 19.3 Å². The van der Waals surface area contributed by atoms with Gasteiger partial charge in [-0.3, -0.25) is 14.9 Å². The van der Waals surface area contributed by atoms with E-state index in [0.29, 0.717) is 5.69 Å². The summed E-state index contributed by atoms with van der Waals surface area (Å²) in [5, 5.41) is 13.8. The van der Waals surface area contributed by atoms with Gasteiger partial charge in [-0.25, -0.2) is 4.39 Å². The van der Waals surface area contributed by atoms with Crippen molar-refractivity contribution < 1.29 is 18.8 Å². The lowest BCUT2D eigenvalue weighted by Crippen LogP contribution is -2.30. The average Bonchev–Trinajstić information content (AvgIpc) is 2.61. The monoisotopic (exact) mass is 360 g/mol. The van der Waals surface area contributed by atoms with E-state index in [4.69, 9.17) is 4.74 Å².